The van der Waals surface area contributed by atoms with Gasteiger partial charge in [0.25, 0.3) is 0 Å². The van der Waals surface area contributed by atoms with Crippen molar-refractivity contribution in [2.45, 2.75) is 25.2 Å². The number of hydrogen-bond donors (Lipinski definition) is 2. The maximum absolute atomic E-state index is 11.8. The van der Waals surface area contributed by atoms with Gasteiger partial charge in [-0.15, -0.1) is 11.8 Å². The molecule has 1 aromatic carbocycles. The van der Waals surface area contributed by atoms with Crippen LogP contribution in [-0.4, -0.2) is 22.7 Å². The van der Waals surface area contributed by atoms with Crippen molar-refractivity contribution in [2.75, 3.05) is 5.75 Å². The van der Waals surface area contributed by atoms with E-state index in [2.05, 4.69) is 16.0 Å². The zero-order valence-electron chi connectivity index (χ0n) is 12.7. The van der Waals surface area contributed by atoms with E-state index < -0.39 is 0 Å². The molecule has 0 saturated heterocycles. The molecule has 1 heterocycles. The van der Waals surface area contributed by atoms with E-state index in [4.69, 9.17) is 16.1 Å². The predicted octanol–water partition coefficient (Wildman–Crippen LogP) is 2.43. The molecular weight excluding hydrogens is 338 g/mol. The number of benzene rings is 1. The second-order valence-corrected chi connectivity index (χ2v) is 6.30. The smallest absolute Gasteiger partial charge is 0.248 e. The minimum absolute atomic E-state index is 0.103. The van der Waals surface area contributed by atoms with Gasteiger partial charge in [-0.3, -0.25) is 20.4 Å². The summed E-state index contributed by atoms with van der Waals surface area (Å²) in [6.07, 6.45) is 0.103. The Labute approximate surface area is 142 Å². The number of thioether (sulfide) groups is 1. The van der Waals surface area contributed by atoms with Gasteiger partial charge in [-0.2, -0.15) is 0 Å². The molecule has 122 valence electrons. The minimum atomic E-state index is -0.329. The van der Waals surface area contributed by atoms with Gasteiger partial charge in [-0.25, -0.2) is 0 Å². The number of carbonyl (C=O) groups is 2. The van der Waals surface area contributed by atoms with Crippen LogP contribution in [0.1, 0.15) is 17.0 Å². The molecule has 0 bridgehead atoms. The van der Waals surface area contributed by atoms with Crippen LogP contribution >= 0.6 is 23.4 Å². The van der Waals surface area contributed by atoms with Crippen molar-refractivity contribution in [2.24, 2.45) is 0 Å². The van der Waals surface area contributed by atoms with Crippen LogP contribution in [0.15, 0.2) is 33.7 Å². The lowest BCUT2D eigenvalue weighted by Gasteiger charge is -2.07. The largest absolute Gasteiger partial charge is 0.361 e. The number of aromatic nitrogens is 1. The molecule has 2 aromatic rings. The van der Waals surface area contributed by atoms with Gasteiger partial charge in [0.15, 0.2) is 0 Å². The van der Waals surface area contributed by atoms with E-state index in [0.717, 1.165) is 10.5 Å². The number of aryl methyl sites for hydroxylation is 2. The quantitative estimate of drug-likeness (QED) is 0.637. The third-order valence-electron chi connectivity index (χ3n) is 3.04. The van der Waals surface area contributed by atoms with E-state index in [0.29, 0.717) is 16.5 Å². The predicted molar refractivity (Wildman–Crippen MR) is 88.1 cm³/mol. The van der Waals surface area contributed by atoms with E-state index in [1.165, 1.54) is 11.8 Å². The monoisotopic (exact) mass is 353 g/mol. The first-order valence-electron chi connectivity index (χ1n) is 6.83. The third kappa shape index (κ3) is 5.30. The van der Waals surface area contributed by atoms with Gasteiger partial charge in [-0.1, -0.05) is 16.8 Å². The lowest BCUT2D eigenvalue weighted by Crippen LogP contribution is -2.43. The standard InChI is InChI=1S/C15H16ClN3O3S/c1-9-13(10(2)22-19-9)7-14(20)17-18-15(21)8-23-12-5-3-11(16)4-6-12/h3-6H,7-8H2,1-2H3,(H,17,20)(H,18,21). The Bertz CT molecular complexity index is 681. The number of rotatable bonds is 5. The molecule has 0 radical (unpaired) electrons. The van der Waals surface area contributed by atoms with Crippen LogP contribution in [-0.2, 0) is 16.0 Å². The molecule has 2 amide bonds. The molecule has 0 aliphatic rings. The maximum Gasteiger partial charge on any atom is 0.248 e. The van der Waals surface area contributed by atoms with Crippen molar-refractivity contribution in [3.8, 4) is 0 Å². The van der Waals surface area contributed by atoms with Crippen molar-refractivity contribution in [1.29, 1.82) is 0 Å². The van der Waals surface area contributed by atoms with Crippen LogP contribution in [0.25, 0.3) is 0 Å². The highest BCUT2D eigenvalue weighted by atomic mass is 35.5. The molecule has 8 heteroatoms. The number of nitrogens with zero attached hydrogens (tertiary/aromatic N) is 1. The highest BCUT2D eigenvalue weighted by molar-refractivity contribution is 8.00. The van der Waals surface area contributed by atoms with Crippen LogP contribution < -0.4 is 10.9 Å². The average molecular weight is 354 g/mol. The highest BCUT2D eigenvalue weighted by Gasteiger charge is 2.13. The molecule has 0 fully saturated rings. The number of nitrogens with one attached hydrogen (secondary N) is 2. The number of hydrogen-bond acceptors (Lipinski definition) is 5. The maximum atomic E-state index is 11.8. The molecule has 0 saturated carbocycles. The van der Waals surface area contributed by atoms with E-state index in [1.54, 1.807) is 26.0 Å². The van der Waals surface area contributed by atoms with Gasteiger partial charge in [0.2, 0.25) is 11.8 Å². The number of halogens is 1. The van der Waals surface area contributed by atoms with Crippen molar-refractivity contribution >= 4 is 35.2 Å². The molecule has 0 aliphatic carbocycles. The van der Waals surface area contributed by atoms with E-state index >= 15 is 0 Å². The van der Waals surface area contributed by atoms with Crippen LogP contribution in [0.3, 0.4) is 0 Å². The number of hydrazine groups is 1. The number of carbonyl (C=O) groups excluding carboxylic acids is 2. The van der Waals surface area contributed by atoms with Gasteiger partial charge >= 0.3 is 0 Å². The van der Waals surface area contributed by atoms with Crippen molar-refractivity contribution in [3.63, 3.8) is 0 Å². The molecule has 23 heavy (non-hydrogen) atoms. The molecule has 0 unspecified atom stereocenters. The van der Waals surface area contributed by atoms with Gasteiger partial charge in [0, 0.05) is 15.5 Å². The average Bonchev–Trinajstić information content (AvgIpc) is 2.84. The summed E-state index contributed by atoms with van der Waals surface area (Å²) in [5, 5.41) is 4.42. The molecule has 6 nitrogen and oxygen atoms in total. The van der Waals surface area contributed by atoms with E-state index in [-0.39, 0.29) is 24.0 Å². The normalized spacial score (nSPS) is 10.4. The van der Waals surface area contributed by atoms with Gasteiger partial charge < -0.3 is 4.52 Å². The Morgan fingerprint density at radius 1 is 1.17 bits per heavy atom. The van der Waals surface area contributed by atoms with Gasteiger partial charge in [0.05, 0.1) is 17.9 Å². The molecule has 0 aliphatic heterocycles. The Balaban J connectivity index is 1.73. The topological polar surface area (TPSA) is 84.2 Å². The first kappa shape index (κ1) is 17.4. The number of amides is 2. The summed E-state index contributed by atoms with van der Waals surface area (Å²) in [4.78, 5) is 24.5. The Morgan fingerprint density at radius 3 is 2.43 bits per heavy atom. The summed E-state index contributed by atoms with van der Waals surface area (Å²) >= 11 is 7.14. The minimum Gasteiger partial charge on any atom is -0.361 e. The lowest BCUT2D eigenvalue weighted by molar-refractivity contribution is -0.127. The molecular formula is C15H16ClN3O3S. The first-order valence-corrected chi connectivity index (χ1v) is 8.20. The molecule has 2 rings (SSSR count). The zero-order valence-corrected chi connectivity index (χ0v) is 14.3. The Kier molecular flexibility index (Phi) is 6.06. The summed E-state index contributed by atoms with van der Waals surface area (Å²) in [6, 6.07) is 7.17. The van der Waals surface area contributed by atoms with E-state index in [9.17, 15) is 9.59 Å². The Morgan fingerprint density at radius 2 is 1.83 bits per heavy atom. The Hall–Kier alpha value is -1.99. The molecule has 0 atom stereocenters. The first-order chi connectivity index (χ1) is 11.0. The fourth-order valence-corrected chi connectivity index (χ4v) is 2.64. The fraction of sp³-hybridized carbons (Fsp3) is 0.267. The summed E-state index contributed by atoms with van der Waals surface area (Å²) in [6.45, 7) is 3.50. The van der Waals surface area contributed by atoms with Gasteiger partial charge in [-0.05, 0) is 38.1 Å². The van der Waals surface area contributed by atoms with Gasteiger partial charge in [0.1, 0.15) is 5.76 Å². The van der Waals surface area contributed by atoms with Crippen LogP contribution in [0.4, 0.5) is 0 Å². The van der Waals surface area contributed by atoms with Crippen molar-refractivity contribution in [1.82, 2.24) is 16.0 Å². The molecule has 2 N–H and O–H groups in total. The summed E-state index contributed by atoms with van der Waals surface area (Å²) < 4.78 is 4.99. The third-order valence-corrected chi connectivity index (χ3v) is 4.31. The SMILES string of the molecule is Cc1noc(C)c1CC(=O)NNC(=O)CSc1ccc(Cl)cc1. The lowest BCUT2D eigenvalue weighted by atomic mass is 10.1. The highest BCUT2D eigenvalue weighted by Crippen LogP contribution is 2.19. The van der Waals surface area contributed by atoms with E-state index in [1.807, 2.05) is 12.1 Å². The van der Waals surface area contributed by atoms with Crippen LogP contribution in [0, 0.1) is 13.8 Å². The van der Waals surface area contributed by atoms with Crippen LogP contribution in [0.2, 0.25) is 5.02 Å². The van der Waals surface area contributed by atoms with Crippen LogP contribution in [0.5, 0.6) is 0 Å². The zero-order chi connectivity index (χ0) is 16.8. The van der Waals surface area contributed by atoms with Crippen molar-refractivity contribution < 1.29 is 14.1 Å². The summed E-state index contributed by atoms with van der Waals surface area (Å²) in [5.41, 5.74) is 6.15. The molecule has 1 aromatic heterocycles. The summed E-state index contributed by atoms with van der Waals surface area (Å²) in [7, 11) is 0. The second kappa shape index (κ2) is 8.03. The van der Waals surface area contributed by atoms with Crippen molar-refractivity contribution in [3.05, 3.63) is 46.3 Å². The fourth-order valence-electron chi connectivity index (χ4n) is 1.81. The molecule has 0 spiro atoms. The summed E-state index contributed by atoms with van der Waals surface area (Å²) in [5.74, 6) is 0.163. The second-order valence-electron chi connectivity index (χ2n) is 4.82.